The number of hydrogen-bond donors (Lipinski definition) is 1. The number of esters is 1. The normalized spacial score (nSPS) is 13.3. The molecule has 0 aliphatic rings. The summed E-state index contributed by atoms with van der Waals surface area (Å²) in [6.45, 7) is 2.15. The van der Waals surface area contributed by atoms with Crippen molar-refractivity contribution in [1.29, 1.82) is 0 Å². The molecule has 0 unspecified atom stereocenters. The molecule has 18 heavy (non-hydrogen) atoms. The molecule has 3 nitrogen and oxygen atoms in total. The Morgan fingerprint density at radius 3 is 2.72 bits per heavy atom. The van der Waals surface area contributed by atoms with Crippen LogP contribution in [0.1, 0.15) is 51.9 Å². The molecule has 0 amide bonds. The Morgan fingerprint density at radius 2 is 2.06 bits per heavy atom. The highest BCUT2D eigenvalue weighted by Crippen LogP contribution is 2.04. The van der Waals surface area contributed by atoms with Crippen molar-refractivity contribution >= 4 is 5.97 Å². The third kappa shape index (κ3) is 11.4. The lowest BCUT2D eigenvalue weighted by atomic mass is 10.1. The molecule has 1 N–H and O–H groups in total. The van der Waals surface area contributed by atoms with Crippen LogP contribution in [0.25, 0.3) is 0 Å². The van der Waals surface area contributed by atoms with Gasteiger partial charge in [-0.2, -0.15) is 0 Å². The number of allylic oxidation sites excluding steroid dienone is 3. The third-order valence-corrected chi connectivity index (χ3v) is 2.66. The molecule has 3 heteroatoms. The number of methoxy groups -OCH3 is 1. The van der Waals surface area contributed by atoms with Crippen LogP contribution in [0.5, 0.6) is 0 Å². The van der Waals surface area contributed by atoms with Crippen molar-refractivity contribution < 1.29 is 14.6 Å². The SMILES string of the molecule is CCCCC[C@@H](O)/C=C/C=C\CCCC(=O)OC. The standard InChI is InChI=1S/C15H26O3/c1-3-4-8-11-14(16)12-9-6-5-7-10-13-15(17)18-2/h5-6,9,12,14,16H,3-4,7-8,10-11,13H2,1-2H3/b6-5-,12-9+/t14-/m1/s1. The van der Waals surface area contributed by atoms with Gasteiger partial charge in [0.1, 0.15) is 0 Å². The summed E-state index contributed by atoms with van der Waals surface area (Å²) in [5.74, 6) is -0.162. The van der Waals surface area contributed by atoms with Crippen molar-refractivity contribution in [1.82, 2.24) is 0 Å². The van der Waals surface area contributed by atoms with Gasteiger partial charge in [-0.3, -0.25) is 4.79 Å². The molecule has 0 spiro atoms. The van der Waals surface area contributed by atoms with Gasteiger partial charge in [0.05, 0.1) is 13.2 Å². The zero-order valence-electron chi connectivity index (χ0n) is 11.6. The van der Waals surface area contributed by atoms with Gasteiger partial charge in [-0.05, 0) is 19.3 Å². The zero-order valence-corrected chi connectivity index (χ0v) is 11.6. The fourth-order valence-corrected chi connectivity index (χ4v) is 1.53. The first-order chi connectivity index (χ1) is 8.70. The number of unbranched alkanes of at least 4 members (excludes halogenated alkanes) is 3. The first-order valence-electron chi connectivity index (χ1n) is 6.79. The van der Waals surface area contributed by atoms with E-state index in [1.165, 1.54) is 20.0 Å². The maximum Gasteiger partial charge on any atom is 0.305 e. The third-order valence-electron chi connectivity index (χ3n) is 2.66. The van der Waals surface area contributed by atoms with Gasteiger partial charge >= 0.3 is 5.97 Å². The van der Waals surface area contributed by atoms with Crippen molar-refractivity contribution in [3.05, 3.63) is 24.3 Å². The second-order valence-electron chi connectivity index (χ2n) is 4.34. The minimum absolute atomic E-state index is 0.162. The number of ether oxygens (including phenoxy) is 1. The number of rotatable bonds is 10. The van der Waals surface area contributed by atoms with Crippen LogP contribution < -0.4 is 0 Å². The van der Waals surface area contributed by atoms with Crippen molar-refractivity contribution in [2.75, 3.05) is 7.11 Å². The summed E-state index contributed by atoms with van der Waals surface area (Å²) in [6.07, 6.45) is 13.6. The van der Waals surface area contributed by atoms with E-state index in [2.05, 4.69) is 11.7 Å². The van der Waals surface area contributed by atoms with Crippen molar-refractivity contribution in [2.45, 2.75) is 58.0 Å². The Labute approximate surface area is 111 Å². The van der Waals surface area contributed by atoms with E-state index in [0.717, 1.165) is 25.7 Å². The van der Waals surface area contributed by atoms with Crippen LogP contribution in [-0.4, -0.2) is 24.3 Å². The second kappa shape index (κ2) is 12.4. The molecule has 0 aliphatic carbocycles. The topological polar surface area (TPSA) is 46.5 Å². The van der Waals surface area contributed by atoms with Crippen molar-refractivity contribution in [3.8, 4) is 0 Å². The quantitative estimate of drug-likeness (QED) is 0.369. The summed E-state index contributed by atoms with van der Waals surface area (Å²) in [7, 11) is 1.40. The monoisotopic (exact) mass is 254 g/mol. The molecule has 0 saturated carbocycles. The molecule has 0 fully saturated rings. The first kappa shape index (κ1) is 16.9. The lowest BCUT2D eigenvalue weighted by Crippen LogP contribution is -2.00. The fraction of sp³-hybridized carbons (Fsp3) is 0.667. The molecule has 104 valence electrons. The van der Waals surface area contributed by atoms with E-state index in [1.54, 1.807) is 0 Å². The predicted molar refractivity (Wildman–Crippen MR) is 74.3 cm³/mol. The largest absolute Gasteiger partial charge is 0.469 e. The number of aliphatic hydroxyl groups excluding tert-OH is 1. The summed E-state index contributed by atoms with van der Waals surface area (Å²) < 4.78 is 4.55. The van der Waals surface area contributed by atoms with E-state index in [4.69, 9.17) is 0 Å². The highest BCUT2D eigenvalue weighted by molar-refractivity contribution is 5.69. The Bertz CT molecular complexity index is 256. The highest BCUT2D eigenvalue weighted by atomic mass is 16.5. The number of carbonyl (C=O) groups is 1. The Hall–Kier alpha value is -1.09. The van der Waals surface area contributed by atoms with E-state index >= 15 is 0 Å². The van der Waals surface area contributed by atoms with Gasteiger partial charge in [-0.15, -0.1) is 0 Å². The minimum Gasteiger partial charge on any atom is -0.469 e. The van der Waals surface area contributed by atoms with E-state index in [-0.39, 0.29) is 12.1 Å². The smallest absolute Gasteiger partial charge is 0.305 e. The van der Waals surface area contributed by atoms with Gasteiger partial charge in [-0.1, -0.05) is 50.5 Å². The Balaban J connectivity index is 3.52. The van der Waals surface area contributed by atoms with Gasteiger partial charge in [0, 0.05) is 6.42 Å². The van der Waals surface area contributed by atoms with Gasteiger partial charge < -0.3 is 9.84 Å². The molecule has 0 aromatic carbocycles. The molecule has 1 atom stereocenters. The Kier molecular flexibility index (Phi) is 11.6. The fourth-order valence-electron chi connectivity index (χ4n) is 1.53. The molecule has 0 aliphatic heterocycles. The van der Waals surface area contributed by atoms with Gasteiger partial charge in [0.2, 0.25) is 0 Å². The van der Waals surface area contributed by atoms with Crippen LogP contribution in [0.15, 0.2) is 24.3 Å². The van der Waals surface area contributed by atoms with Crippen molar-refractivity contribution in [2.24, 2.45) is 0 Å². The molecule has 0 heterocycles. The average molecular weight is 254 g/mol. The lowest BCUT2D eigenvalue weighted by Gasteiger charge is -2.03. The summed E-state index contributed by atoms with van der Waals surface area (Å²) in [5, 5.41) is 9.60. The molecule has 0 radical (unpaired) electrons. The van der Waals surface area contributed by atoms with E-state index in [0.29, 0.717) is 6.42 Å². The molecule has 0 rings (SSSR count). The van der Waals surface area contributed by atoms with E-state index < -0.39 is 0 Å². The van der Waals surface area contributed by atoms with Gasteiger partial charge in [0.25, 0.3) is 0 Å². The first-order valence-corrected chi connectivity index (χ1v) is 6.79. The van der Waals surface area contributed by atoms with E-state index in [1.807, 2.05) is 24.3 Å². The number of aliphatic hydroxyl groups is 1. The summed E-state index contributed by atoms with van der Waals surface area (Å²) >= 11 is 0. The molecular weight excluding hydrogens is 228 g/mol. The summed E-state index contributed by atoms with van der Waals surface area (Å²) in [4.78, 5) is 10.8. The van der Waals surface area contributed by atoms with Crippen molar-refractivity contribution in [3.63, 3.8) is 0 Å². The van der Waals surface area contributed by atoms with E-state index in [9.17, 15) is 9.90 Å². The van der Waals surface area contributed by atoms with Crippen LogP contribution in [-0.2, 0) is 9.53 Å². The molecular formula is C15H26O3. The van der Waals surface area contributed by atoms with Crippen LogP contribution in [0.3, 0.4) is 0 Å². The lowest BCUT2D eigenvalue weighted by molar-refractivity contribution is -0.140. The zero-order chi connectivity index (χ0) is 13.6. The summed E-state index contributed by atoms with van der Waals surface area (Å²) in [5.41, 5.74) is 0. The van der Waals surface area contributed by atoms with Crippen LogP contribution in [0, 0.1) is 0 Å². The van der Waals surface area contributed by atoms with Gasteiger partial charge in [0.15, 0.2) is 0 Å². The van der Waals surface area contributed by atoms with Crippen LogP contribution in [0.2, 0.25) is 0 Å². The summed E-state index contributed by atoms with van der Waals surface area (Å²) in [6, 6.07) is 0. The Morgan fingerprint density at radius 1 is 1.28 bits per heavy atom. The minimum atomic E-state index is -0.337. The molecule has 0 aromatic heterocycles. The maximum atomic E-state index is 10.8. The van der Waals surface area contributed by atoms with Crippen LogP contribution in [0.4, 0.5) is 0 Å². The number of hydrogen-bond acceptors (Lipinski definition) is 3. The van der Waals surface area contributed by atoms with Gasteiger partial charge in [-0.25, -0.2) is 0 Å². The molecule has 0 bridgehead atoms. The molecule has 0 aromatic rings. The molecule has 0 saturated heterocycles. The van der Waals surface area contributed by atoms with Crippen LogP contribution >= 0.6 is 0 Å². The second-order valence-corrected chi connectivity index (χ2v) is 4.34. The average Bonchev–Trinajstić information content (AvgIpc) is 2.37. The highest BCUT2D eigenvalue weighted by Gasteiger charge is 1.97. The maximum absolute atomic E-state index is 10.8. The predicted octanol–water partition coefficient (Wildman–Crippen LogP) is 3.38. The number of carbonyl (C=O) groups excluding carboxylic acids is 1.